The first-order chi connectivity index (χ1) is 7.25. The predicted octanol–water partition coefficient (Wildman–Crippen LogP) is 3.13. The van der Waals surface area contributed by atoms with E-state index in [-0.39, 0.29) is 0 Å². The molecule has 0 saturated carbocycles. The van der Waals surface area contributed by atoms with E-state index < -0.39 is 0 Å². The van der Waals surface area contributed by atoms with E-state index in [0.29, 0.717) is 0 Å². The first-order valence-corrected chi connectivity index (χ1v) is 5.37. The second-order valence-electron chi connectivity index (χ2n) is 4.19. The minimum Gasteiger partial charge on any atom is -0.291 e. The third kappa shape index (κ3) is 2.57. The van der Waals surface area contributed by atoms with Gasteiger partial charge in [-0.15, -0.1) is 0 Å². The SMILES string of the molecule is C=C(C)/C=C/CN1Cc2ccccc2C1. The lowest BCUT2D eigenvalue weighted by molar-refractivity contribution is 0.317. The fraction of sp³-hybridized carbons (Fsp3) is 0.286. The van der Waals surface area contributed by atoms with Gasteiger partial charge in [-0.05, 0) is 18.1 Å². The highest BCUT2D eigenvalue weighted by atomic mass is 15.1. The molecule has 1 aliphatic heterocycles. The zero-order valence-electron chi connectivity index (χ0n) is 9.24. The molecule has 2 rings (SSSR count). The quantitative estimate of drug-likeness (QED) is 0.676. The van der Waals surface area contributed by atoms with Crippen LogP contribution >= 0.6 is 0 Å². The Labute approximate surface area is 91.7 Å². The molecule has 0 aromatic heterocycles. The maximum Gasteiger partial charge on any atom is 0.0243 e. The van der Waals surface area contributed by atoms with Gasteiger partial charge in [-0.3, -0.25) is 4.90 Å². The summed E-state index contributed by atoms with van der Waals surface area (Å²) in [5, 5.41) is 0. The summed E-state index contributed by atoms with van der Waals surface area (Å²) >= 11 is 0. The van der Waals surface area contributed by atoms with E-state index in [1.54, 1.807) is 0 Å². The molecule has 0 atom stereocenters. The first-order valence-electron chi connectivity index (χ1n) is 5.37. The minimum atomic E-state index is 1.02. The molecular formula is C14H17N. The lowest BCUT2D eigenvalue weighted by atomic mass is 10.1. The van der Waals surface area contributed by atoms with Gasteiger partial charge in [-0.25, -0.2) is 0 Å². The van der Waals surface area contributed by atoms with Crippen LogP contribution in [0, 0.1) is 0 Å². The van der Waals surface area contributed by atoms with Crippen LogP contribution in [0.1, 0.15) is 18.1 Å². The standard InChI is InChI=1S/C14H17N/c1-12(2)6-5-9-15-10-13-7-3-4-8-14(13)11-15/h3-8H,1,9-11H2,2H3/b6-5+. The average molecular weight is 199 g/mol. The monoisotopic (exact) mass is 199 g/mol. The molecule has 0 saturated heterocycles. The Kier molecular flexibility index (Phi) is 3.02. The largest absolute Gasteiger partial charge is 0.291 e. The molecule has 0 N–H and O–H groups in total. The van der Waals surface area contributed by atoms with E-state index in [1.165, 1.54) is 11.1 Å². The lowest BCUT2D eigenvalue weighted by Gasteiger charge is -2.10. The second kappa shape index (κ2) is 4.45. The summed E-state index contributed by atoms with van der Waals surface area (Å²) in [6.07, 6.45) is 4.28. The molecule has 0 bridgehead atoms. The van der Waals surface area contributed by atoms with Crippen molar-refractivity contribution in [3.8, 4) is 0 Å². The third-order valence-corrected chi connectivity index (χ3v) is 2.67. The molecule has 1 heteroatoms. The summed E-state index contributed by atoms with van der Waals surface area (Å²) in [5.41, 5.74) is 4.06. The summed E-state index contributed by atoms with van der Waals surface area (Å²) in [6.45, 7) is 9.05. The van der Waals surface area contributed by atoms with Gasteiger partial charge in [0.1, 0.15) is 0 Å². The highest BCUT2D eigenvalue weighted by Gasteiger charge is 2.16. The second-order valence-corrected chi connectivity index (χ2v) is 4.19. The zero-order chi connectivity index (χ0) is 10.7. The molecule has 0 unspecified atom stereocenters. The van der Waals surface area contributed by atoms with Crippen LogP contribution in [0.5, 0.6) is 0 Å². The molecule has 0 fully saturated rings. The van der Waals surface area contributed by atoms with Crippen molar-refractivity contribution in [3.05, 3.63) is 59.7 Å². The number of nitrogens with zero attached hydrogens (tertiary/aromatic N) is 1. The molecular weight excluding hydrogens is 182 g/mol. The van der Waals surface area contributed by atoms with Gasteiger partial charge in [0.05, 0.1) is 0 Å². The Hall–Kier alpha value is -1.34. The van der Waals surface area contributed by atoms with Crippen LogP contribution in [0.15, 0.2) is 48.6 Å². The summed E-state index contributed by atoms with van der Waals surface area (Å²) in [6, 6.07) is 8.67. The number of allylic oxidation sites excluding steroid dienone is 2. The Balaban J connectivity index is 1.93. The van der Waals surface area contributed by atoms with Gasteiger partial charge >= 0.3 is 0 Å². The van der Waals surface area contributed by atoms with Gasteiger partial charge in [0, 0.05) is 19.6 Å². The number of hydrogen-bond donors (Lipinski definition) is 0. The van der Waals surface area contributed by atoms with Crippen molar-refractivity contribution < 1.29 is 0 Å². The highest BCUT2D eigenvalue weighted by molar-refractivity contribution is 5.30. The van der Waals surface area contributed by atoms with Crippen molar-refractivity contribution in [1.82, 2.24) is 4.90 Å². The first kappa shape index (κ1) is 10.2. The van der Waals surface area contributed by atoms with Crippen LogP contribution in [-0.4, -0.2) is 11.4 Å². The van der Waals surface area contributed by atoms with E-state index in [9.17, 15) is 0 Å². The smallest absolute Gasteiger partial charge is 0.0243 e. The van der Waals surface area contributed by atoms with Crippen LogP contribution in [0.2, 0.25) is 0 Å². The van der Waals surface area contributed by atoms with E-state index in [4.69, 9.17) is 0 Å². The van der Waals surface area contributed by atoms with E-state index in [1.807, 2.05) is 6.92 Å². The average Bonchev–Trinajstić information content (AvgIpc) is 2.59. The lowest BCUT2D eigenvalue weighted by Crippen LogP contribution is -2.15. The molecule has 1 aliphatic rings. The Bertz CT molecular complexity index is 365. The molecule has 1 nitrogen and oxygen atoms in total. The van der Waals surface area contributed by atoms with Crippen molar-refractivity contribution in [2.75, 3.05) is 6.54 Å². The molecule has 1 aromatic rings. The molecule has 1 aromatic carbocycles. The molecule has 78 valence electrons. The fourth-order valence-corrected chi connectivity index (χ4v) is 1.94. The van der Waals surface area contributed by atoms with Gasteiger partial charge < -0.3 is 0 Å². The van der Waals surface area contributed by atoms with E-state index in [2.05, 4.69) is 47.9 Å². The summed E-state index contributed by atoms with van der Waals surface area (Å²) in [4.78, 5) is 2.43. The van der Waals surface area contributed by atoms with Gasteiger partial charge in [0.15, 0.2) is 0 Å². The summed E-state index contributed by atoms with van der Waals surface area (Å²) < 4.78 is 0. The van der Waals surface area contributed by atoms with Gasteiger partial charge in [0.2, 0.25) is 0 Å². The zero-order valence-corrected chi connectivity index (χ0v) is 9.24. The topological polar surface area (TPSA) is 3.24 Å². The van der Waals surface area contributed by atoms with Gasteiger partial charge in [-0.1, -0.05) is 48.6 Å². The molecule has 0 amide bonds. The number of fused-ring (bicyclic) bond motifs is 1. The van der Waals surface area contributed by atoms with Crippen molar-refractivity contribution in [2.24, 2.45) is 0 Å². The van der Waals surface area contributed by atoms with Crippen molar-refractivity contribution in [2.45, 2.75) is 20.0 Å². The Morgan fingerprint density at radius 1 is 1.33 bits per heavy atom. The van der Waals surface area contributed by atoms with Crippen molar-refractivity contribution in [3.63, 3.8) is 0 Å². The van der Waals surface area contributed by atoms with Crippen molar-refractivity contribution >= 4 is 0 Å². The maximum atomic E-state index is 3.85. The van der Waals surface area contributed by atoms with Crippen LogP contribution in [0.3, 0.4) is 0 Å². The van der Waals surface area contributed by atoms with Crippen molar-refractivity contribution in [1.29, 1.82) is 0 Å². The van der Waals surface area contributed by atoms with Crippen LogP contribution in [0.4, 0.5) is 0 Å². The Morgan fingerprint density at radius 2 is 1.93 bits per heavy atom. The molecule has 15 heavy (non-hydrogen) atoms. The number of rotatable bonds is 3. The molecule has 1 heterocycles. The van der Waals surface area contributed by atoms with E-state index >= 15 is 0 Å². The van der Waals surface area contributed by atoms with Gasteiger partial charge in [-0.2, -0.15) is 0 Å². The van der Waals surface area contributed by atoms with Crippen LogP contribution in [-0.2, 0) is 13.1 Å². The normalized spacial score (nSPS) is 15.8. The van der Waals surface area contributed by atoms with Gasteiger partial charge in [0.25, 0.3) is 0 Å². The predicted molar refractivity (Wildman–Crippen MR) is 64.5 cm³/mol. The third-order valence-electron chi connectivity index (χ3n) is 2.67. The number of hydrogen-bond acceptors (Lipinski definition) is 1. The highest BCUT2D eigenvalue weighted by Crippen LogP contribution is 2.21. The summed E-state index contributed by atoms with van der Waals surface area (Å²) in [7, 11) is 0. The van der Waals surface area contributed by atoms with E-state index in [0.717, 1.165) is 25.2 Å². The fourth-order valence-electron chi connectivity index (χ4n) is 1.94. The molecule has 0 spiro atoms. The minimum absolute atomic E-state index is 1.02. The van der Waals surface area contributed by atoms with Crippen LogP contribution in [0.25, 0.3) is 0 Å². The molecule has 0 aliphatic carbocycles. The number of benzene rings is 1. The Morgan fingerprint density at radius 3 is 2.47 bits per heavy atom. The van der Waals surface area contributed by atoms with Crippen LogP contribution < -0.4 is 0 Å². The maximum absolute atomic E-state index is 3.85. The molecule has 0 radical (unpaired) electrons. The summed E-state index contributed by atoms with van der Waals surface area (Å²) in [5.74, 6) is 0.